The molecule has 2 aliphatic rings. The Kier molecular flexibility index (Phi) is 12.3. The molecule has 2 N–H and O–H groups in total. The average Bonchev–Trinajstić information content (AvgIpc) is 2.74. The monoisotopic (exact) mass is 420 g/mol. The van der Waals surface area contributed by atoms with Crippen molar-refractivity contribution in [2.24, 2.45) is 11.8 Å². The van der Waals surface area contributed by atoms with Crippen LogP contribution in [0.5, 0.6) is 0 Å². The zero-order valence-corrected chi connectivity index (χ0v) is 21.4. The summed E-state index contributed by atoms with van der Waals surface area (Å²) >= 11 is 0. The van der Waals surface area contributed by atoms with Crippen molar-refractivity contribution in [2.75, 3.05) is 0 Å². The van der Waals surface area contributed by atoms with Crippen LogP contribution in [-0.4, -0.2) is 23.7 Å². The molecule has 0 heterocycles. The molecule has 2 nitrogen and oxygen atoms in total. The first kappa shape index (κ1) is 26.2. The molecule has 0 saturated heterocycles. The lowest BCUT2D eigenvalue weighted by Crippen LogP contribution is -2.70. The number of nitrogens with one attached hydrogen (secondary N) is 2. The molecule has 30 heavy (non-hydrogen) atoms. The second-order valence-electron chi connectivity index (χ2n) is 11.3. The molecule has 1 atom stereocenters. The SMILES string of the molecule is CCCCCCCCC(NC(C)C)C(NC(C)C)(C1CCCCC1)C1CCCCC1. The van der Waals surface area contributed by atoms with Crippen LogP contribution in [-0.2, 0) is 0 Å². The van der Waals surface area contributed by atoms with E-state index >= 15 is 0 Å². The highest BCUT2D eigenvalue weighted by molar-refractivity contribution is 5.09. The van der Waals surface area contributed by atoms with E-state index in [9.17, 15) is 0 Å². The summed E-state index contributed by atoms with van der Waals surface area (Å²) in [6.07, 6.45) is 24.3. The molecule has 0 spiro atoms. The van der Waals surface area contributed by atoms with Crippen LogP contribution in [0.1, 0.15) is 144 Å². The number of hydrogen-bond acceptors (Lipinski definition) is 2. The van der Waals surface area contributed by atoms with E-state index in [2.05, 4.69) is 45.3 Å². The molecular formula is C28H56N2. The lowest BCUT2D eigenvalue weighted by atomic mass is 9.59. The zero-order chi connectivity index (χ0) is 21.8. The van der Waals surface area contributed by atoms with Crippen molar-refractivity contribution in [1.29, 1.82) is 0 Å². The van der Waals surface area contributed by atoms with Crippen LogP contribution in [0.3, 0.4) is 0 Å². The van der Waals surface area contributed by atoms with Gasteiger partial charge in [-0.05, 0) is 43.9 Å². The molecule has 178 valence electrons. The Morgan fingerprint density at radius 2 is 1.17 bits per heavy atom. The Hall–Kier alpha value is -0.0800. The van der Waals surface area contributed by atoms with E-state index in [1.807, 2.05) is 0 Å². The van der Waals surface area contributed by atoms with Gasteiger partial charge in [0.1, 0.15) is 0 Å². The highest BCUT2D eigenvalue weighted by atomic mass is 15.1. The van der Waals surface area contributed by atoms with E-state index in [4.69, 9.17) is 0 Å². The van der Waals surface area contributed by atoms with Gasteiger partial charge < -0.3 is 10.6 Å². The predicted molar refractivity (Wildman–Crippen MR) is 134 cm³/mol. The third-order valence-corrected chi connectivity index (χ3v) is 8.06. The molecule has 2 fully saturated rings. The van der Waals surface area contributed by atoms with Crippen LogP contribution in [0.4, 0.5) is 0 Å². The fourth-order valence-electron chi connectivity index (χ4n) is 6.89. The van der Waals surface area contributed by atoms with Crippen LogP contribution >= 0.6 is 0 Å². The highest BCUT2D eigenvalue weighted by Gasteiger charge is 2.50. The van der Waals surface area contributed by atoms with Gasteiger partial charge in [0.2, 0.25) is 0 Å². The van der Waals surface area contributed by atoms with Crippen molar-refractivity contribution in [1.82, 2.24) is 10.6 Å². The van der Waals surface area contributed by atoms with Crippen molar-refractivity contribution < 1.29 is 0 Å². The van der Waals surface area contributed by atoms with Crippen molar-refractivity contribution in [3.8, 4) is 0 Å². The third-order valence-electron chi connectivity index (χ3n) is 8.06. The van der Waals surface area contributed by atoms with Crippen molar-refractivity contribution in [3.63, 3.8) is 0 Å². The van der Waals surface area contributed by atoms with Gasteiger partial charge in [-0.2, -0.15) is 0 Å². The molecular weight excluding hydrogens is 364 g/mol. The van der Waals surface area contributed by atoms with E-state index in [0.29, 0.717) is 23.7 Å². The van der Waals surface area contributed by atoms with Crippen molar-refractivity contribution in [3.05, 3.63) is 0 Å². The Labute approximate surface area is 190 Å². The maximum atomic E-state index is 4.34. The summed E-state index contributed by atoms with van der Waals surface area (Å²) in [6.45, 7) is 11.9. The summed E-state index contributed by atoms with van der Waals surface area (Å²) in [6, 6.07) is 1.75. The molecule has 0 bridgehead atoms. The Morgan fingerprint density at radius 1 is 0.667 bits per heavy atom. The minimum atomic E-state index is 0.294. The fraction of sp³-hybridized carbons (Fsp3) is 1.00. The van der Waals surface area contributed by atoms with Gasteiger partial charge in [0.05, 0.1) is 0 Å². The molecule has 0 radical (unpaired) electrons. The summed E-state index contributed by atoms with van der Waals surface area (Å²) < 4.78 is 0. The molecule has 2 rings (SSSR count). The fourth-order valence-corrected chi connectivity index (χ4v) is 6.89. The first-order valence-electron chi connectivity index (χ1n) is 14.0. The predicted octanol–water partition coefficient (Wildman–Crippen LogP) is 8.00. The first-order chi connectivity index (χ1) is 14.5. The Morgan fingerprint density at radius 3 is 1.63 bits per heavy atom. The van der Waals surface area contributed by atoms with Gasteiger partial charge in [-0.3, -0.25) is 0 Å². The smallest absolute Gasteiger partial charge is 0.0394 e. The standard InChI is InChI=1S/C28H56N2/c1-6-7-8-9-10-17-22-27(29-23(2)3)28(30-24(4)5,25-18-13-11-14-19-25)26-20-15-12-16-21-26/h23-27,29-30H,6-22H2,1-5H3. The van der Waals surface area contributed by atoms with Crippen LogP contribution in [0.25, 0.3) is 0 Å². The molecule has 2 saturated carbocycles. The van der Waals surface area contributed by atoms with Crippen LogP contribution in [0.2, 0.25) is 0 Å². The lowest BCUT2D eigenvalue weighted by molar-refractivity contribution is 0.0192. The number of rotatable bonds is 14. The van der Waals surface area contributed by atoms with Crippen LogP contribution < -0.4 is 10.6 Å². The minimum absolute atomic E-state index is 0.294. The van der Waals surface area contributed by atoms with Crippen molar-refractivity contribution >= 4 is 0 Å². The van der Waals surface area contributed by atoms with Gasteiger partial charge in [-0.1, -0.05) is 112 Å². The Bertz CT molecular complexity index is 400. The van der Waals surface area contributed by atoms with Gasteiger partial charge >= 0.3 is 0 Å². The van der Waals surface area contributed by atoms with Crippen LogP contribution in [0.15, 0.2) is 0 Å². The maximum absolute atomic E-state index is 4.34. The van der Waals surface area contributed by atoms with Gasteiger partial charge in [-0.25, -0.2) is 0 Å². The molecule has 0 aromatic carbocycles. The quantitative estimate of drug-likeness (QED) is 0.278. The summed E-state index contributed by atoms with van der Waals surface area (Å²) in [5.74, 6) is 1.71. The summed E-state index contributed by atoms with van der Waals surface area (Å²) in [4.78, 5) is 0. The van der Waals surface area contributed by atoms with Crippen molar-refractivity contribution in [2.45, 2.75) is 167 Å². The molecule has 0 amide bonds. The Balaban J connectivity index is 2.26. The van der Waals surface area contributed by atoms with Gasteiger partial charge in [-0.15, -0.1) is 0 Å². The van der Waals surface area contributed by atoms with E-state index in [1.54, 1.807) is 0 Å². The van der Waals surface area contributed by atoms with Crippen LogP contribution in [0, 0.1) is 11.8 Å². The molecule has 2 heteroatoms. The second kappa shape index (κ2) is 14.1. The van der Waals surface area contributed by atoms with Gasteiger partial charge in [0.25, 0.3) is 0 Å². The van der Waals surface area contributed by atoms with E-state index < -0.39 is 0 Å². The van der Waals surface area contributed by atoms with E-state index in [1.165, 1.54) is 109 Å². The number of hydrogen-bond donors (Lipinski definition) is 2. The zero-order valence-electron chi connectivity index (χ0n) is 21.4. The summed E-state index contributed by atoms with van der Waals surface area (Å²) in [7, 11) is 0. The second-order valence-corrected chi connectivity index (χ2v) is 11.3. The maximum Gasteiger partial charge on any atom is 0.0394 e. The topological polar surface area (TPSA) is 24.1 Å². The molecule has 2 aliphatic carbocycles. The summed E-state index contributed by atoms with van der Waals surface area (Å²) in [5.41, 5.74) is 0.294. The molecule has 0 aliphatic heterocycles. The van der Waals surface area contributed by atoms with E-state index in [0.717, 1.165) is 11.8 Å². The highest BCUT2D eigenvalue weighted by Crippen LogP contribution is 2.46. The molecule has 1 unspecified atom stereocenters. The largest absolute Gasteiger partial charge is 0.310 e. The van der Waals surface area contributed by atoms with Gasteiger partial charge in [0.15, 0.2) is 0 Å². The minimum Gasteiger partial charge on any atom is -0.310 e. The average molecular weight is 421 g/mol. The van der Waals surface area contributed by atoms with E-state index in [-0.39, 0.29) is 0 Å². The first-order valence-corrected chi connectivity index (χ1v) is 14.0. The molecule has 0 aromatic heterocycles. The summed E-state index contributed by atoms with van der Waals surface area (Å²) in [5, 5.41) is 8.50. The normalized spacial score (nSPS) is 20.9. The molecule has 0 aromatic rings. The number of unbranched alkanes of at least 4 members (excludes halogenated alkanes) is 5. The van der Waals surface area contributed by atoms with Gasteiger partial charge in [0, 0.05) is 23.7 Å². The third kappa shape index (κ3) is 7.80. The lowest BCUT2D eigenvalue weighted by Gasteiger charge is -2.56.